The first kappa shape index (κ1) is 20.9. The van der Waals surface area contributed by atoms with E-state index < -0.39 is 0 Å². The van der Waals surface area contributed by atoms with Crippen molar-refractivity contribution in [3.8, 4) is 11.4 Å². The molecular weight excluding hydrogens is 419 g/mol. The second-order valence-electron chi connectivity index (χ2n) is 8.24. The molecule has 1 aromatic heterocycles. The number of aromatic amines is 1. The van der Waals surface area contributed by atoms with Gasteiger partial charge in [-0.3, -0.25) is 9.59 Å². The van der Waals surface area contributed by atoms with Crippen LogP contribution in [0.25, 0.3) is 22.4 Å². The number of rotatable bonds is 4. The summed E-state index contributed by atoms with van der Waals surface area (Å²) >= 11 is 0. The summed E-state index contributed by atoms with van der Waals surface area (Å²) in [7, 11) is 0. The average Bonchev–Trinajstić information content (AvgIpc) is 3.29. The summed E-state index contributed by atoms with van der Waals surface area (Å²) in [5.74, 6) is 0.0903. The van der Waals surface area contributed by atoms with Gasteiger partial charge >= 0.3 is 0 Å². The van der Waals surface area contributed by atoms with Crippen molar-refractivity contribution in [1.29, 1.82) is 0 Å². The van der Waals surface area contributed by atoms with Crippen LogP contribution in [0.15, 0.2) is 72.8 Å². The van der Waals surface area contributed by atoms with Crippen molar-refractivity contribution in [3.05, 3.63) is 84.2 Å². The van der Waals surface area contributed by atoms with Gasteiger partial charge in [-0.1, -0.05) is 12.1 Å². The van der Waals surface area contributed by atoms with Gasteiger partial charge in [-0.25, -0.2) is 9.37 Å². The van der Waals surface area contributed by atoms with Crippen molar-refractivity contribution in [2.24, 2.45) is 5.92 Å². The number of likely N-dealkylation sites (tertiary alicyclic amines) is 1. The number of amides is 2. The van der Waals surface area contributed by atoms with E-state index in [1.54, 1.807) is 4.90 Å². The van der Waals surface area contributed by atoms with Crippen LogP contribution in [-0.2, 0) is 4.79 Å². The molecule has 0 saturated carbocycles. The molecule has 5 rings (SSSR count). The van der Waals surface area contributed by atoms with Crippen LogP contribution in [0, 0.1) is 11.7 Å². The van der Waals surface area contributed by atoms with Gasteiger partial charge in [0.1, 0.15) is 11.6 Å². The monoisotopic (exact) mass is 442 g/mol. The third kappa shape index (κ3) is 4.48. The van der Waals surface area contributed by atoms with E-state index in [1.165, 1.54) is 24.3 Å². The van der Waals surface area contributed by atoms with E-state index in [0.29, 0.717) is 31.5 Å². The van der Waals surface area contributed by atoms with Gasteiger partial charge in [0.2, 0.25) is 5.91 Å². The lowest BCUT2D eigenvalue weighted by atomic mass is 9.95. The zero-order chi connectivity index (χ0) is 22.8. The number of nitrogens with zero attached hydrogens (tertiary/aromatic N) is 2. The van der Waals surface area contributed by atoms with Crippen molar-refractivity contribution < 1.29 is 14.0 Å². The summed E-state index contributed by atoms with van der Waals surface area (Å²) in [4.78, 5) is 35.0. The van der Waals surface area contributed by atoms with Crippen LogP contribution in [-0.4, -0.2) is 39.8 Å². The summed E-state index contributed by atoms with van der Waals surface area (Å²) in [6.07, 6.45) is 1.19. The Kier molecular flexibility index (Phi) is 5.60. The number of fused-ring (bicyclic) bond motifs is 1. The predicted octanol–water partition coefficient (Wildman–Crippen LogP) is 4.86. The maximum atomic E-state index is 13.1. The Hall–Kier alpha value is -4.00. The first-order valence-corrected chi connectivity index (χ1v) is 11.0. The van der Waals surface area contributed by atoms with Gasteiger partial charge in [0.05, 0.1) is 11.0 Å². The number of halogens is 1. The first-order chi connectivity index (χ1) is 16.1. The molecule has 0 aliphatic carbocycles. The molecular formula is C26H23FN4O2. The molecule has 2 amide bonds. The molecule has 2 heterocycles. The zero-order valence-electron chi connectivity index (χ0n) is 17.9. The van der Waals surface area contributed by atoms with Crippen molar-refractivity contribution in [2.75, 3.05) is 18.4 Å². The van der Waals surface area contributed by atoms with E-state index >= 15 is 0 Å². The topological polar surface area (TPSA) is 78.1 Å². The average molecular weight is 442 g/mol. The minimum absolute atomic E-state index is 0.0413. The molecule has 3 aromatic carbocycles. The number of aromatic nitrogens is 2. The first-order valence-electron chi connectivity index (χ1n) is 11.0. The highest BCUT2D eigenvalue weighted by atomic mass is 19.1. The van der Waals surface area contributed by atoms with Crippen LogP contribution in [0.4, 0.5) is 10.1 Å². The maximum Gasteiger partial charge on any atom is 0.253 e. The van der Waals surface area contributed by atoms with Crippen molar-refractivity contribution >= 4 is 28.5 Å². The van der Waals surface area contributed by atoms with E-state index in [1.807, 2.05) is 48.5 Å². The molecule has 33 heavy (non-hydrogen) atoms. The number of anilines is 1. The summed E-state index contributed by atoms with van der Waals surface area (Å²) in [6, 6.07) is 21.0. The highest BCUT2D eigenvalue weighted by molar-refractivity contribution is 5.95. The highest BCUT2D eigenvalue weighted by Gasteiger charge is 2.28. The summed E-state index contributed by atoms with van der Waals surface area (Å²) in [5.41, 5.74) is 4.02. The fraction of sp³-hybridized carbons (Fsp3) is 0.192. The number of hydrogen-bond acceptors (Lipinski definition) is 3. The normalized spacial score (nSPS) is 14.4. The summed E-state index contributed by atoms with van der Waals surface area (Å²) in [5, 5.41) is 2.98. The number of hydrogen-bond donors (Lipinski definition) is 2. The van der Waals surface area contributed by atoms with Gasteiger partial charge in [0, 0.05) is 35.8 Å². The number of nitrogens with one attached hydrogen (secondary N) is 2. The van der Waals surface area contributed by atoms with Gasteiger partial charge in [0.25, 0.3) is 5.91 Å². The molecule has 0 atom stereocenters. The minimum Gasteiger partial charge on any atom is -0.339 e. The zero-order valence-corrected chi connectivity index (χ0v) is 17.9. The quantitative estimate of drug-likeness (QED) is 0.474. The lowest BCUT2D eigenvalue weighted by molar-refractivity contribution is -0.121. The second-order valence-corrected chi connectivity index (χ2v) is 8.24. The van der Waals surface area contributed by atoms with Gasteiger partial charge in [-0.15, -0.1) is 0 Å². The minimum atomic E-state index is -0.368. The van der Waals surface area contributed by atoms with Gasteiger partial charge in [-0.2, -0.15) is 0 Å². The Bertz CT molecular complexity index is 1260. The molecule has 0 radical (unpaired) electrons. The Balaban J connectivity index is 1.17. The van der Waals surface area contributed by atoms with E-state index in [9.17, 15) is 14.0 Å². The number of H-pyrrole nitrogens is 1. The smallest absolute Gasteiger partial charge is 0.253 e. The van der Waals surface area contributed by atoms with E-state index in [0.717, 1.165) is 28.1 Å². The van der Waals surface area contributed by atoms with Crippen LogP contribution in [0.2, 0.25) is 0 Å². The molecule has 7 heteroatoms. The molecule has 0 bridgehead atoms. The fourth-order valence-electron chi connectivity index (χ4n) is 4.17. The van der Waals surface area contributed by atoms with E-state index in [-0.39, 0.29) is 23.5 Å². The lowest BCUT2D eigenvalue weighted by Crippen LogP contribution is -2.41. The molecule has 1 saturated heterocycles. The van der Waals surface area contributed by atoms with Crippen molar-refractivity contribution in [2.45, 2.75) is 12.8 Å². The molecule has 2 N–H and O–H groups in total. The number of piperidine rings is 1. The number of carbonyl (C=O) groups excluding carboxylic acids is 2. The Morgan fingerprint density at radius 1 is 0.939 bits per heavy atom. The molecule has 4 aromatic rings. The van der Waals surface area contributed by atoms with E-state index in [2.05, 4.69) is 15.3 Å². The molecule has 6 nitrogen and oxygen atoms in total. The SMILES string of the molecule is O=C(Nc1ccc(-c2nc3ccccc3[nH]2)cc1)C1CCN(C(=O)c2ccc(F)cc2)CC1. The van der Waals surface area contributed by atoms with Crippen LogP contribution in [0.1, 0.15) is 23.2 Å². The number of para-hydroxylation sites is 2. The fourth-order valence-corrected chi connectivity index (χ4v) is 4.17. The Morgan fingerprint density at radius 2 is 1.64 bits per heavy atom. The largest absolute Gasteiger partial charge is 0.339 e. The molecule has 166 valence electrons. The number of imidazole rings is 1. The lowest BCUT2D eigenvalue weighted by Gasteiger charge is -2.31. The predicted molar refractivity (Wildman–Crippen MR) is 125 cm³/mol. The maximum absolute atomic E-state index is 13.1. The third-order valence-corrected chi connectivity index (χ3v) is 6.06. The van der Waals surface area contributed by atoms with Crippen LogP contribution >= 0.6 is 0 Å². The Morgan fingerprint density at radius 3 is 2.33 bits per heavy atom. The number of carbonyl (C=O) groups is 2. The molecule has 1 aliphatic rings. The Labute approximate surface area is 190 Å². The van der Waals surface area contributed by atoms with E-state index in [4.69, 9.17) is 0 Å². The van der Waals surface area contributed by atoms with Crippen LogP contribution in [0.5, 0.6) is 0 Å². The van der Waals surface area contributed by atoms with Gasteiger partial charge in [-0.05, 0) is 73.5 Å². The summed E-state index contributed by atoms with van der Waals surface area (Å²) < 4.78 is 13.1. The molecule has 0 spiro atoms. The molecule has 1 aliphatic heterocycles. The van der Waals surface area contributed by atoms with Crippen LogP contribution < -0.4 is 5.32 Å². The standard InChI is InChI=1S/C26H23FN4O2/c27-20-9-5-19(6-10-20)26(33)31-15-13-18(14-16-31)25(32)28-21-11-7-17(8-12-21)24-29-22-3-1-2-4-23(22)30-24/h1-12,18H,13-16H2,(H,28,32)(H,29,30). The molecule has 0 unspecified atom stereocenters. The van der Waals surface area contributed by atoms with Crippen LogP contribution in [0.3, 0.4) is 0 Å². The van der Waals surface area contributed by atoms with Crippen molar-refractivity contribution in [3.63, 3.8) is 0 Å². The highest BCUT2D eigenvalue weighted by Crippen LogP contribution is 2.24. The second kappa shape index (κ2) is 8.86. The van der Waals surface area contributed by atoms with Crippen molar-refractivity contribution in [1.82, 2.24) is 14.9 Å². The number of benzene rings is 3. The summed E-state index contributed by atoms with van der Waals surface area (Å²) in [6.45, 7) is 0.999. The van der Waals surface area contributed by atoms with Gasteiger partial charge < -0.3 is 15.2 Å². The molecule has 1 fully saturated rings. The van der Waals surface area contributed by atoms with Gasteiger partial charge in [0.15, 0.2) is 0 Å². The third-order valence-electron chi connectivity index (χ3n) is 6.06.